The van der Waals surface area contributed by atoms with Crippen LogP contribution in [-0.4, -0.2) is 6.36 Å². The van der Waals surface area contributed by atoms with E-state index in [2.05, 4.69) is 4.84 Å². The van der Waals surface area contributed by atoms with Gasteiger partial charge in [0.1, 0.15) is 5.69 Å². The fourth-order valence-corrected chi connectivity index (χ4v) is 1.07. The second kappa shape index (κ2) is 4.53. The molecule has 10 heteroatoms. The molecule has 102 valence electrons. The Morgan fingerprint density at radius 2 is 1.61 bits per heavy atom. The van der Waals surface area contributed by atoms with Crippen molar-refractivity contribution in [3.8, 4) is 0 Å². The van der Waals surface area contributed by atoms with E-state index in [1.54, 1.807) is 0 Å². The summed E-state index contributed by atoms with van der Waals surface area (Å²) in [7, 11) is 0. The number of alkyl halides is 6. The predicted molar refractivity (Wildman–Crippen MR) is 49.7 cm³/mol. The van der Waals surface area contributed by atoms with E-state index in [9.17, 15) is 26.3 Å². The summed E-state index contributed by atoms with van der Waals surface area (Å²) in [6, 6.07) is 1.74. The maximum atomic E-state index is 12.3. The molecule has 0 heterocycles. The molecule has 4 N–H and O–H groups in total. The third-order valence-corrected chi connectivity index (χ3v) is 1.80. The Hall–Kier alpha value is -1.68. The van der Waals surface area contributed by atoms with Gasteiger partial charge in [0.25, 0.3) is 0 Å². The molecule has 0 atom stereocenters. The highest BCUT2D eigenvalue weighted by Gasteiger charge is 2.35. The number of hydrogen-bond acceptors (Lipinski definition) is 4. The highest BCUT2D eigenvalue weighted by molar-refractivity contribution is 5.67. The summed E-state index contributed by atoms with van der Waals surface area (Å²) in [6.07, 6.45) is -9.88. The normalized spacial score (nSPS) is 12.6. The standard InChI is InChI=1S/C8H7F6N3O/c9-7(10,11)4-1-2-5(15)6(3-4)17(16)18-8(12,13)14/h1-3H,15-16H2. The van der Waals surface area contributed by atoms with Gasteiger partial charge in [0.05, 0.1) is 11.3 Å². The monoisotopic (exact) mass is 275 g/mol. The van der Waals surface area contributed by atoms with Crippen molar-refractivity contribution >= 4 is 11.4 Å². The maximum Gasteiger partial charge on any atom is 0.545 e. The maximum absolute atomic E-state index is 12.3. The molecule has 0 unspecified atom stereocenters. The SMILES string of the molecule is Nc1ccc(C(F)(F)F)cc1N(N)OC(F)(F)F. The summed E-state index contributed by atoms with van der Waals surface area (Å²) in [5.41, 5.74) is 2.87. The Kier molecular flexibility index (Phi) is 3.62. The quantitative estimate of drug-likeness (QED) is 0.376. The van der Waals surface area contributed by atoms with Gasteiger partial charge >= 0.3 is 12.5 Å². The molecule has 0 aliphatic rings. The third kappa shape index (κ3) is 3.67. The fraction of sp³-hybridized carbons (Fsp3) is 0.250. The first kappa shape index (κ1) is 14.4. The minimum atomic E-state index is -5.14. The van der Waals surface area contributed by atoms with E-state index < -0.39 is 29.5 Å². The van der Waals surface area contributed by atoms with Crippen LogP contribution in [0.25, 0.3) is 0 Å². The highest BCUT2D eigenvalue weighted by Crippen LogP contribution is 2.34. The number of hydrogen-bond donors (Lipinski definition) is 2. The van der Waals surface area contributed by atoms with Crippen LogP contribution in [0.4, 0.5) is 37.7 Å². The van der Waals surface area contributed by atoms with E-state index in [0.29, 0.717) is 12.1 Å². The number of nitrogens with two attached hydrogens (primary N) is 2. The van der Waals surface area contributed by atoms with Crippen molar-refractivity contribution in [1.82, 2.24) is 0 Å². The third-order valence-electron chi connectivity index (χ3n) is 1.80. The second-order valence-electron chi connectivity index (χ2n) is 3.13. The van der Waals surface area contributed by atoms with Crippen LogP contribution < -0.4 is 16.7 Å². The van der Waals surface area contributed by atoms with Crippen LogP contribution in [0.15, 0.2) is 18.2 Å². The first-order chi connectivity index (χ1) is 8.00. The smallest absolute Gasteiger partial charge is 0.397 e. The van der Waals surface area contributed by atoms with Crippen molar-refractivity contribution in [2.75, 3.05) is 10.9 Å². The molecule has 0 spiro atoms. The number of nitrogens with zero attached hydrogens (tertiary/aromatic N) is 1. The van der Waals surface area contributed by atoms with Gasteiger partial charge in [-0.1, -0.05) is 0 Å². The lowest BCUT2D eigenvalue weighted by Crippen LogP contribution is -2.37. The fourth-order valence-electron chi connectivity index (χ4n) is 1.07. The number of anilines is 2. The molecule has 0 fully saturated rings. The van der Waals surface area contributed by atoms with Crippen molar-refractivity contribution in [2.24, 2.45) is 5.84 Å². The summed E-state index contributed by atoms with van der Waals surface area (Å²) in [5.74, 6) is 4.84. The van der Waals surface area contributed by atoms with Gasteiger partial charge < -0.3 is 5.73 Å². The molecule has 18 heavy (non-hydrogen) atoms. The van der Waals surface area contributed by atoms with E-state index in [1.165, 1.54) is 0 Å². The molecule has 1 aromatic carbocycles. The van der Waals surface area contributed by atoms with Gasteiger partial charge in [-0.25, -0.2) is 5.84 Å². The minimum absolute atomic E-state index is 0.348. The van der Waals surface area contributed by atoms with E-state index in [-0.39, 0.29) is 5.17 Å². The van der Waals surface area contributed by atoms with Gasteiger partial charge in [0, 0.05) is 0 Å². The van der Waals surface area contributed by atoms with Crippen LogP contribution >= 0.6 is 0 Å². The Bertz CT molecular complexity index is 430. The molecule has 0 saturated carbocycles. The summed E-state index contributed by atoms with van der Waals surface area (Å²) in [4.78, 5) is 3.24. The van der Waals surface area contributed by atoms with Gasteiger partial charge in [-0.2, -0.15) is 23.2 Å². The van der Waals surface area contributed by atoms with Crippen LogP contribution in [0, 0.1) is 0 Å². The molecule has 0 aliphatic heterocycles. The number of hydrazine groups is 1. The predicted octanol–water partition coefficient (Wildman–Crippen LogP) is 2.42. The summed E-state index contributed by atoms with van der Waals surface area (Å²) in [6.45, 7) is 0. The molecule has 0 radical (unpaired) electrons. The lowest BCUT2D eigenvalue weighted by Gasteiger charge is -2.21. The Balaban J connectivity index is 3.08. The molecule has 0 aromatic heterocycles. The number of halogens is 6. The number of nitrogen functional groups attached to an aromatic ring is 1. The first-order valence-electron chi connectivity index (χ1n) is 4.28. The molecular formula is C8H7F6N3O. The summed E-state index contributed by atoms with van der Waals surface area (Å²) >= 11 is 0. The van der Waals surface area contributed by atoms with Crippen LogP contribution in [0.1, 0.15) is 5.56 Å². The molecule has 0 saturated heterocycles. The largest absolute Gasteiger partial charge is 0.545 e. The number of rotatable bonds is 2. The van der Waals surface area contributed by atoms with Crippen molar-refractivity contribution < 1.29 is 31.2 Å². The van der Waals surface area contributed by atoms with E-state index in [4.69, 9.17) is 11.6 Å². The zero-order chi connectivity index (χ0) is 14.1. The zero-order valence-electron chi connectivity index (χ0n) is 8.51. The Morgan fingerprint density at radius 1 is 1.06 bits per heavy atom. The summed E-state index contributed by atoms with van der Waals surface area (Å²) < 4.78 is 72.6. The average molecular weight is 275 g/mol. The molecule has 0 amide bonds. The van der Waals surface area contributed by atoms with Gasteiger partial charge in [-0.15, -0.1) is 13.2 Å². The van der Waals surface area contributed by atoms with Crippen LogP contribution in [0.3, 0.4) is 0 Å². The molecular weight excluding hydrogens is 268 g/mol. The van der Waals surface area contributed by atoms with Gasteiger partial charge in [-0.3, -0.25) is 0 Å². The minimum Gasteiger partial charge on any atom is -0.397 e. The van der Waals surface area contributed by atoms with Crippen molar-refractivity contribution in [3.63, 3.8) is 0 Å². The molecule has 1 rings (SSSR count). The Labute approximate surface area is 96.6 Å². The van der Waals surface area contributed by atoms with Gasteiger partial charge in [0.2, 0.25) is 0 Å². The van der Waals surface area contributed by atoms with Crippen molar-refractivity contribution in [1.29, 1.82) is 0 Å². The Morgan fingerprint density at radius 3 is 2.06 bits per heavy atom. The molecule has 0 aliphatic carbocycles. The average Bonchev–Trinajstić information content (AvgIpc) is 2.13. The van der Waals surface area contributed by atoms with Gasteiger partial charge in [0.15, 0.2) is 0 Å². The van der Waals surface area contributed by atoms with E-state index >= 15 is 0 Å². The van der Waals surface area contributed by atoms with Crippen molar-refractivity contribution in [3.05, 3.63) is 23.8 Å². The van der Waals surface area contributed by atoms with Crippen LogP contribution in [0.5, 0.6) is 0 Å². The van der Waals surface area contributed by atoms with Gasteiger partial charge in [-0.05, 0) is 18.2 Å². The second-order valence-corrected chi connectivity index (χ2v) is 3.13. The van der Waals surface area contributed by atoms with Crippen molar-refractivity contribution in [2.45, 2.75) is 12.5 Å². The first-order valence-corrected chi connectivity index (χ1v) is 4.28. The summed E-state index contributed by atoms with van der Waals surface area (Å²) in [5, 5.41) is -0.370. The molecule has 1 aromatic rings. The topological polar surface area (TPSA) is 64.5 Å². The zero-order valence-corrected chi connectivity index (χ0v) is 8.51. The van der Waals surface area contributed by atoms with Crippen LogP contribution in [-0.2, 0) is 11.0 Å². The van der Waals surface area contributed by atoms with Crippen LogP contribution in [0.2, 0.25) is 0 Å². The van der Waals surface area contributed by atoms with E-state index in [0.717, 1.165) is 6.07 Å². The molecule has 0 bridgehead atoms. The lowest BCUT2D eigenvalue weighted by molar-refractivity contribution is -0.330. The van der Waals surface area contributed by atoms with E-state index in [1.807, 2.05) is 0 Å². The molecule has 4 nitrogen and oxygen atoms in total. The highest BCUT2D eigenvalue weighted by atomic mass is 19.4. The number of benzene rings is 1. The lowest BCUT2D eigenvalue weighted by atomic mass is 10.1.